The average Bonchev–Trinajstić information content (AvgIpc) is 2.80. The van der Waals surface area contributed by atoms with E-state index in [1.807, 2.05) is 13.0 Å². The molecule has 0 spiro atoms. The van der Waals surface area contributed by atoms with Crippen molar-refractivity contribution < 1.29 is 0 Å². The number of nitrogens with zero attached hydrogens (tertiary/aromatic N) is 1. The van der Waals surface area contributed by atoms with Crippen molar-refractivity contribution in [3.8, 4) is 11.3 Å². The van der Waals surface area contributed by atoms with E-state index in [-0.39, 0.29) is 0 Å². The lowest BCUT2D eigenvalue weighted by molar-refractivity contribution is 1.05. The number of rotatable bonds is 1. The molecular weight excluding hydrogens is 198 g/mol. The van der Waals surface area contributed by atoms with Crippen LogP contribution < -0.4 is 0 Å². The van der Waals surface area contributed by atoms with E-state index in [1.165, 1.54) is 10.9 Å². The standard InChI is InChI=1S/C13H13N3/c1-8-7-12(16-15-8)13-9(2)14-11-6-4-3-5-10(11)13/h3-7,14H,1-2H3,(H,15,16). The molecule has 16 heavy (non-hydrogen) atoms. The molecule has 1 aromatic carbocycles. The number of fused-ring (bicyclic) bond motifs is 1. The van der Waals surface area contributed by atoms with E-state index in [2.05, 4.69) is 46.4 Å². The monoisotopic (exact) mass is 211 g/mol. The number of aromatic amines is 2. The molecule has 3 heteroatoms. The van der Waals surface area contributed by atoms with Crippen molar-refractivity contribution in [3.63, 3.8) is 0 Å². The fraction of sp³-hybridized carbons (Fsp3) is 0.154. The molecule has 3 aromatic rings. The number of aryl methyl sites for hydroxylation is 2. The van der Waals surface area contributed by atoms with Crippen LogP contribution in [0.25, 0.3) is 22.2 Å². The van der Waals surface area contributed by atoms with E-state index in [0.29, 0.717) is 0 Å². The van der Waals surface area contributed by atoms with Crippen LogP contribution in [-0.4, -0.2) is 15.2 Å². The number of aromatic nitrogens is 3. The molecule has 0 unspecified atom stereocenters. The van der Waals surface area contributed by atoms with Crippen LogP contribution in [0.3, 0.4) is 0 Å². The average molecular weight is 211 g/mol. The van der Waals surface area contributed by atoms with E-state index in [1.54, 1.807) is 0 Å². The minimum Gasteiger partial charge on any atom is -0.358 e. The summed E-state index contributed by atoms with van der Waals surface area (Å²) in [4.78, 5) is 3.38. The van der Waals surface area contributed by atoms with Gasteiger partial charge in [-0.25, -0.2) is 0 Å². The molecule has 0 aliphatic heterocycles. The van der Waals surface area contributed by atoms with Crippen molar-refractivity contribution in [1.29, 1.82) is 0 Å². The SMILES string of the molecule is Cc1cc(-c2c(C)[nH]c3ccccc23)n[nH]1. The van der Waals surface area contributed by atoms with Crippen LogP contribution in [-0.2, 0) is 0 Å². The molecule has 0 amide bonds. The molecule has 0 aliphatic carbocycles. The van der Waals surface area contributed by atoms with Crippen molar-refractivity contribution in [2.45, 2.75) is 13.8 Å². The third-order valence-electron chi connectivity index (χ3n) is 2.86. The van der Waals surface area contributed by atoms with Gasteiger partial charge in [-0.1, -0.05) is 18.2 Å². The second-order valence-corrected chi connectivity index (χ2v) is 4.11. The highest BCUT2D eigenvalue weighted by Crippen LogP contribution is 2.30. The van der Waals surface area contributed by atoms with Crippen molar-refractivity contribution >= 4 is 10.9 Å². The van der Waals surface area contributed by atoms with Crippen LogP contribution in [0, 0.1) is 13.8 Å². The molecule has 0 atom stereocenters. The smallest absolute Gasteiger partial charge is 0.0947 e. The highest BCUT2D eigenvalue weighted by molar-refractivity contribution is 5.96. The van der Waals surface area contributed by atoms with Gasteiger partial charge in [0.05, 0.1) is 5.69 Å². The molecule has 0 aliphatic rings. The second kappa shape index (κ2) is 3.23. The minimum atomic E-state index is 1.01. The first-order valence-electron chi connectivity index (χ1n) is 5.35. The fourth-order valence-corrected chi connectivity index (χ4v) is 2.15. The van der Waals surface area contributed by atoms with Gasteiger partial charge in [0.2, 0.25) is 0 Å². The van der Waals surface area contributed by atoms with Gasteiger partial charge in [0, 0.05) is 27.9 Å². The van der Waals surface area contributed by atoms with Crippen molar-refractivity contribution in [1.82, 2.24) is 15.2 Å². The third kappa shape index (κ3) is 1.25. The summed E-state index contributed by atoms with van der Waals surface area (Å²) in [6.45, 7) is 4.10. The molecule has 0 bridgehead atoms. The highest BCUT2D eigenvalue weighted by Gasteiger charge is 2.11. The largest absolute Gasteiger partial charge is 0.358 e. The van der Waals surface area contributed by atoms with Gasteiger partial charge in [0.15, 0.2) is 0 Å². The summed E-state index contributed by atoms with van der Waals surface area (Å²) in [5.74, 6) is 0. The lowest BCUT2D eigenvalue weighted by atomic mass is 10.1. The van der Waals surface area contributed by atoms with Gasteiger partial charge in [0.1, 0.15) is 0 Å². The Labute approximate surface area is 93.5 Å². The van der Waals surface area contributed by atoms with E-state index in [9.17, 15) is 0 Å². The Balaban J connectivity index is 2.34. The van der Waals surface area contributed by atoms with Crippen LogP contribution in [0.1, 0.15) is 11.4 Å². The van der Waals surface area contributed by atoms with Gasteiger partial charge in [-0.15, -0.1) is 0 Å². The third-order valence-corrected chi connectivity index (χ3v) is 2.86. The summed E-state index contributed by atoms with van der Waals surface area (Å²) in [6.07, 6.45) is 0. The Morgan fingerprint density at radius 2 is 1.94 bits per heavy atom. The molecule has 0 radical (unpaired) electrons. The van der Waals surface area contributed by atoms with Crippen LogP contribution >= 0.6 is 0 Å². The van der Waals surface area contributed by atoms with Gasteiger partial charge in [-0.05, 0) is 26.0 Å². The summed E-state index contributed by atoms with van der Waals surface area (Å²) >= 11 is 0. The van der Waals surface area contributed by atoms with Crippen molar-refractivity contribution in [2.75, 3.05) is 0 Å². The molecule has 80 valence electrons. The molecule has 0 fully saturated rings. The van der Waals surface area contributed by atoms with Gasteiger partial charge >= 0.3 is 0 Å². The quantitative estimate of drug-likeness (QED) is 0.638. The maximum atomic E-state index is 4.32. The van der Waals surface area contributed by atoms with Crippen molar-refractivity contribution in [3.05, 3.63) is 41.7 Å². The molecule has 2 N–H and O–H groups in total. The van der Waals surface area contributed by atoms with Crippen LogP contribution in [0.5, 0.6) is 0 Å². The van der Waals surface area contributed by atoms with Gasteiger partial charge in [0.25, 0.3) is 0 Å². The normalized spacial score (nSPS) is 11.1. The Bertz CT molecular complexity index is 646. The first kappa shape index (κ1) is 9.21. The maximum Gasteiger partial charge on any atom is 0.0947 e. The first-order chi connectivity index (χ1) is 7.75. The van der Waals surface area contributed by atoms with Gasteiger partial charge < -0.3 is 4.98 Å². The summed E-state index contributed by atoms with van der Waals surface area (Å²) in [6, 6.07) is 10.4. The fourth-order valence-electron chi connectivity index (χ4n) is 2.15. The van der Waals surface area contributed by atoms with Crippen LogP contribution in [0.4, 0.5) is 0 Å². The summed E-state index contributed by atoms with van der Waals surface area (Å²) in [5, 5.41) is 8.54. The topological polar surface area (TPSA) is 44.5 Å². The molecular formula is C13H13N3. The molecule has 2 aromatic heterocycles. The molecule has 2 heterocycles. The molecule has 3 rings (SSSR count). The first-order valence-corrected chi connectivity index (χ1v) is 5.35. The molecule has 0 saturated heterocycles. The Kier molecular flexibility index (Phi) is 1.86. The zero-order chi connectivity index (χ0) is 11.1. The summed E-state index contributed by atoms with van der Waals surface area (Å²) in [7, 11) is 0. The van der Waals surface area contributed by atoms with Crippen molar-refractivity contribution in [2.24, 2.45) is 0 Å². The van der Waals surface area contributed by atoms with Gasteiger partial charge in [-0.2, -0.15) is 5.10 Å². The van der Waals surface area contributed by atoms with Crippen LogP contribution in [0.2, 0.25) is 0 Å². The minimum absolute atomic E-state index is 1.01. The number of hydrogen-bond donors (Lipinski definition) is 2. The zero-order valence-corrected chi connectivity index (χ0v) is 9.33. The number of nitrogens with one attached hydrogen (secondary N) is 2. The molecule has 3 nitrogen and oxygen atoms in total. The lowest BCUT2D eigenvalue weighted by Crippen LogP contribution is -1.79. The van der Waals surface area contributed by atoms with E-state index in [0.717, 1.165) is 22.6 Å². The number of hydrogen-bond acceptors (Lipinski definition) is 1. The van der Waals surface area contributed by atoms with E-state index in [4.69, 9.17) is 0 Å². The number of para-hydroxylation sites is 1. The summed E-state index contributed by atoms with van der Waals surface area (Å²) < 4.78 is 0. The number of benzene rings is 1. The molecule has 0 saturated carbocycles. The predicted molar refractivity (Wildman–Crippen MR) is 65.4 cm³/mol. The Hall–Kier alpha value is -2.03. The zero-order valence-electron chi connectivity index (χ0n) is 9.33. The summed E-state index contributed by atoms with van der Waals surface area (Å²) in [5.41, 5.74) is 5.61. The lowest BCUT2D eigenvalue weighted by Gasteiger charge is -1.95. The van der Waals surface area contributed by atoms with E-state index < -0.39 is 0 Å². The van der Waals surface area contributed by atoms with E-state index >= 15 is 0 Å². The number of H-pyrrole nitrogens is 2. The Morgan fingerprint density at radius 3 is 2.69 bits per heavy atom. The predicted octanol–water partition coefficient (Wildman–Crippen LogP) is 3.17. The maximum absolute atomic E-state index is 4.32. The van der Waals surface area contributed by atoms with Crippen LogP contribution in [0.15, 0.2) is 30.3 Å². The van der Waals surface area contributed by atoms with Gasteiger partial charge in [-0.3, -0.25) is 5.10 Å². The Morgan fingerprint density at radius 1 is 1.12 bits per heavy atom. The highest BCUT2D eigenvalue weighted by atomic mass is 15.1. The second-order valence-electron chi connectivity index (χ2n) is 4.11.